The van der Waals surface area contributed by atoms with E-state index in [-0.39, 0.29) is 17.4 Å². The van der Waals surface area contributed by atoms with Gasteiger partial charge >= 0.3 is 0 Å². The average molecular weight is 427 g/mol. The van der Waals surface area contributed by atoms with Crippen molar-refractivity contribution in [2.24, 2.45) is 7.05 Å². The fraction of sp³-hybridized carbons (Fsp3) is 0.364. The van der Waals surface area contributed by atoms with Crippen molar-refractivity contribution in [3.63, 3.8) is 0 Å². The molecule has 2 aromatic heterocycles. The molecule has 1 aliphatic heterocycles. The summed E-state index contributed by atoms with van der Waals surface area (Å²) in [5.74, 6) is 0.0437. The van der Waals surface area contributed by atoms with E-state index in [9.17, 15) is 13.5 Å². The van der Waals surface area contributed by atoms with Crippen LogP contribution in [0.3, 0.4) is 0 Å². The van der Waals surface area contributed by atoms with Crippen molar-refractivity contribution in [3.05, 3.63) is 65.6 Å². The third-order valence-corrected chi connectivity index (χ3v) is 7.56. The molecule has 4 rings (SSSR count). The van der Waals surface area contributed by atoms with Gasteiger partial charge in [0, 0.05) is 43.5 Å². The maximum absolute atomic E-state index is 13.2. The summed E-state index contributed by atoms with van der Waals surface area (Å²) in [6.07, 6.45) is 3.27. The summed E-state index contributed by atoms with van der Waals surface area (Å²) >= 11 is 0. The SMILES string of the molecule is Cc1nn(C)cc1S(=O)(=O)N1CCC[C@H](c2cccc(-c3ccc(CO)cc3)n2)C1. The minimum Gasteiger partial charge on any atom is -0.392 e. The Hall–Kier alpha value is -2.55. The van der Waals surface area contributed by atoms with Gasteiger partial charge in [0.15, 0.2) is 0 Å². The maximum Gasteiger partial charge on any atom is 0.246 e. The zero-order chi connectivity index (χ0) is 21.3. The molecular weight excluding hydrogens is 400 g/mol. The van der Waals surface area contributed by atoms with Crippen LogP contribution in [-0.4, -0.2) is 45.7 Å². The molecule has 0 spiro atoms. The molecule has 1 fully saturated rings. The zero-order valence-corrected chi connectivity index (χ0v) is 18.0. The van der Waals surface area contributed by atoms with Crippen LogP contribution in [0.25, 0.3) is 11.3 Å². The van der Waals surface area contributed by atoms with Crippen LogP contribution in [0, 0.1) is 6.92 Å². The molecule has 7 nitrogen and oxygen atoms in total. The molecule has 3 heterocycles. The molecule has 0 unspecified atom stereocenters. The van der Waals surface area contributed by atoms with Gasteiger partial charge < -0.3 is 5.11 Å². The lowest BCUT2D eigenvalue weighted by molar-refractivity contribution is 0.282. The minimum atomic E-state index is -3.58. The van der Waals surface area contributed by atoms with Gasteiger partial charge in [0.1, 0.15) is 4.90 Å². The van der Waals surface area contributed by atoms with Crippen LogP contribution in [0.15, 0.2) is 53.6 Å². The predicted octanol–water partition coefficient (Wildman–Crippen LogP) is 2.85. The summed E-state index contributed by atoms with van der Waals surface area (Å²) in [5.41, 5.74) is 4.10. The third kappa shape index (κ3) is 4.03. The number of hydrogen-bond acceptors (Lipinski definition) is 5. The average Bonchev–Trinajstić information content (AvgIpc) is 3.13. The van der Waals surface area contributed by atoms with Gasteiger partial charge in [0.25, 0.3) is 0 Å². The molecule has 8 heteroatoms. The molecule has 0 amide bonds. The largest absolute Gasteiger partial charge is 0.392 e. The Kier molecular flexibility index (Phi) is 5.73. The standard InChI is InChI=1S/C22H26N4O3S/c1-16-22(14-25(2)24-16)30(28,29)26-12-4-5-19(13-26)21-7-3-6-20(23-21)18-10-8-17(15-27)9-11-18/h3,6-11,14,19,27H,4-5,12-13,15H2,1-2H3/t19-/m0/s1. The van der Waals surface area contributed by atoms with Crippen LogP contribution >= 0.6 is 0 Å². The van der Waals surface area contributed by atoms with E-state index in [1.54, 1.807) is 24.5 Å². The minimum absolute atomic E-state index is 0.0105. The van der Waals surface area contributed by atoms with Gasteiger partial charge in [-0.15, -0.1) is 0 Å². The first kappa shape index (κ1) is 20.7. The van der Waals surface area contributed by atoms with Gasteiger partial charge in [-0.1, -0.05) is 30.3 Å². The van der Waals surface area contributed by atoms with E-state index in [1.807, 2.05) is 42.5 Å². The molecule has 0 radical (unpaired) electrons. The maximum atomic E-state index is 13.2. The molecule has 1 N–H and O–H groups in total. The first-order valence-corrected chi connectivity index (χ1v) is 11.5. The molecule has 0 aliphatic carbocycles. The highest BCUT2D eigenvalue weighted by Crippen LogP contribution is 2.31. The lowest BCUT2D eigenvalue weighted by atomic mass is 9.95. The first-order chi connectivity index (χ1) is 14.4. The van der Waals surface area contributed by atoms with E-state index in [0.29, 0.717) is 18.8 Å². The zero-order valence-electron chi connectivity index (χ0n) is 17.2. The van der Waals surface area contributed by atoms with Gasteiger partial charge in [0.05, 0.1) is 18.0 Å². The molecule has 0 bridgehead atoms. The fourth-order valence-electron chi connectivity index (χ4n) is 3.99. The van der Waals surface area contributed by atoms with Crippen LogP contribution in [0.4, 0.5) is 0 Å². The fourth-order valence-corrected chi connectivity index (χ4v) is 5.72. The second-order valence-corrected chi connectivity index (χ2v) is 9.66. The highest BCUT2D eigenvalue weighted by atomic mass is 32.2. The Balaban J connectivity index is 1.58. The quantitative estimate of drug-likeness (QED) is 0.678. The van der Waals surface area contributed by atoms with Crippen LogP contribution in [0.2, 0.25) is 0 Å². The second-order valence-electron chi connectivity index (χ2n) is 7.76. The van der Waals surface area contributed by atoms with Gasteiger partial charge in [-0.2, -0.15) is 9.40 Å². The van der Waals surface area contributed by atoms with Crippen LogP contribution in [0.5, 0.6) is 0 Å². The summed E-state index contributed by atoms with van der Waals surface area (Å²) in [7, 11) is -1.85. The number of aliphatic hydroxyl groups is 1. The molecule has 1 atom stereocenters. The number of benzene rings is 1. The Labute approximate surface area is 177 Å². The topological polar surface area (TPSA) is 88.3 Å². The second kappa shape index (κ2) is 8.29. The van der Waals surface area contributed by atoms with Crippen molar-refractivity contribution in [2.45, 2.75) is 37.2 Å². The Bertz CT molecular complexity index is 1140. The molecule has 1 aromatic carbocycles. The number of piperidine rings is 1. The van der Waals surface area contributed by atoms with Crippen molar-refractivity contribution >= 4 is 10.0 Å². The van der Waals surface area contributed by atoms with E-state index in [2.05, 4.69) is 5.10 Å². The number of aliphatic hydroxyl groups excluding tert-OH is 1. The van der Waals surface area contributed by atoms with Crippen LogP contribution in [-0.2, 0) is 23.7 Å². The Morgan fingerprint density at radius 1 is 1.17 bits per heavy atom. The molecule has 1 aliphatic rings. The van der Waals surface area contributed by atoms with Crippen LogP contribution in [0.1, 0.15) is 35.7 Å². The summed E-state index contributed by atoms with van der Waals surface area (Å²) in [4.78, 5) is 5.11. The van der Waals surface area contributed by atoms with E-state index in [0.717, 1.165) is 35.4 Å². The number of aromatic nitrogens is 3. The van der Waals surface area contributed by atoms with Crippen molar-refractivity contribution in [2.75, 3.05) is 13.1 Å². The molecule has 1 saturated heterocycles. The molecule has 158 valence electrons. The predicted molar refractivity (Wildman–Crippen MR) is 114 cm³/mol. The number of rotatable bonds is 5. The van der Waals surface area contributed by atoms with E-state index < -0.39 is 10.0 Å². The lowest BCUT2D eigenvalue weighted by Crippen LogP contribution is -2.39. The monoisotopic (exact) mass is 426 g/mol. The van der Waals surface area contributed by atoms with Crippen molar-refractivity contribution in [1.29, 1.82) is 0 Å². The summed E-state index contributed by atoms with van der Waals surface area (Å²) in [6.45, 7) is 2.66. The van der Waals surface area contributed by atoms with Crippen LogP contribution < -0.4 is 0 Å². The lowest BCUT2D eigenvalue weighted by Gasteiger charge is -2.31. The van der Waals surface area contributed by atoms with Gasteiger partial charge in [-0.3, -0.25) is 9.67 Å². The Morgan fingerprint density at radius 3 is 2.60 bits per heavy atom. The molecular formula is C22H26N4O3S. The molecule has 30 heavy (non-hydrogen) atoms. The highest BCUT2D eigenvalue weighted by Gasteiger charge is 2.33. The molecule has 0 saturated carbocycles. The van der Waals surface area contributed by atoms with Gasteiger partial charge in [-0.25, -0.2) is 8.42 Å². The summed E-state index contributed by atoms with van der Waals surface area (Å²) in [5, 5.41) is 13.4. The first-order valence-electron chi connectivity index (χ1n) is 10.1. The number of aryl methyl sites for hydroxylation is 2. The smallest absolute Gasteiger partial charge is 0.246 e. The third-order valence-electron chi connectivity index (χ3n) is 5.59. The van der Waals surface area contributed by atoms with Crippen molar-refractivity contribution < 1.29 is 13.5 Å². The number of sulfonamides is 1. The van der Waals surface area contributed by atoms with Gasteiger partial charge in [0.2, 0.25) is 10.0 Å². The van der Waals surface area contributed by atoms with E-state index in [1.165, 1.54) is 4.68 Å². The van der Waals surface area contributed by atoms with Gasteiger partial charge in [-0.05, 0) is 37.5 Å². The summed E-state index contributed by atoms with van der Waals surface area (Å²) in [6, 6.07) is 13.6. The van der Waals surface area contributed by atoms with Crippen molar-refractivity contribution in [3.8, 4) is 11.3 Å². The van der Waals surface area contributed by atoms with E-state index >= 15 is 0 Å². The number of hydrogen-bond donors (Lipinski definition) is 1. The van der Waals surface area contributed by atoms with Crippen molar-refractivity contribution in [1.82, 2.24) is 19.1 Å². The highest BCUT2D eigenvalue weighted by molar-refractivity contribution is 7.89. The number of pyridine rings is 1. The number of nitrogens with zero attached hydrogens (tertiary/aromatic N) is 4. The Morgan fingerprint density at radius 2 is 1.93 bits per heavy atom. The molecule has 3 aromatic rings. The normalized spacial score (nSPS) is 17.9. The van der Waals surface area contributed by atoms with E-state index in [4.69, 9.17) is 4.98 Å². The summed E-state index contributed by atoms with van der Waals surface area (Å²) < 4.78 is 29.5.